The van der Waals surface area contributed by atoms with Crippen LogP contribution in [0.3, 0.4) is 0 Å². The molecule has 0 saturated heterocycles. The summed E-state index contributed by atoms with van der Waals surface area (Å²) in [4.78, 5) is 26.2. The third kappa shape index (κ3) is 4.16. The van der Waals surface area contributed by atoms with Gasteiger partial charge in [-0.25, -0.2) is 4.98 Å². The van der Waals surface area contributed by atoms with E-state index < -0.39 is 6.17 Å². The van der Waals surface area contributed by atoms with E-state index in [0.717, 1.165) is 28.3 Å². The summed E-state index contributed by atoms with van der Waals surface area (Å²) in [6.07, 6.45) is 5.15. The molecular weight excluding hydrogens is 432 g/mol. The van der Waals surface area contributed by atoms with Gasteiger partial charge in [0.05, 0.1) is 25.3 Å². The zero-order chi connectivity index (χ0) is 23.5. The van der Waals surface area contributed by atoms with Crippen molar-refractivity contribution in [3.8, 4) is 5.75 Å². The number of nitrogens with zero attached hydrogens (tertiary/aromatic N) is 3. The van der Waals surface area contributed by atoms with Gasteiger partial charge in [0.15, 0.2) is 0 Å². The number of fused-ring (bicyclic) bond motifs is 1. The molecule has 1 aliphatic heterocycles. The van der Waals surface area contributed by atoms with Gasteiger partial charge in [-0.15, -0.1) is 0 Å². The van der Waals surface area contributed by atoms with E-state index in [9.17, 15) is 4.79 Å². The second-order valence-corrected chi connectivity index (χ2v) is 7.79. The number of carbonyl (C=O) groups excluding carboxylic acids is 1. The zero-order valence-electron chi connectivity index (χ0n) is 18.6. The molecule has 3 heterocycles. The summed E-state index contributed by atoms with van der Waals surface area (Å²) in [7, 11) is 1.63. The van der Waals surface area contributed by atoms with Crippen LogP contribution in [0.1, 0.15) is 33.3 Å². The second kappa shape index (κ2) is 9.24. The number of anilines is 1. The van der Waals surface area contributed by atoms with Crippen molar-refractivity contribution in [2.75, 3.05) is 18.6 Å². The zero-order valence-corrected chi connectivity index (χ0v) is 18.6. The fraction of sp³-hybridized carbons (Fsp3) is 0.160. The van der Waals surface area contributed by atoms with Crippen LogP contribution in [0.25, 0.3) is 0 Å². The van der Waals surface area contributed by atoms with E-state index in [4.69, 9.17) is 19.9 Å². The fourth-order valence-electron chi connectivity index (χ4n) is 3.88. The number of amidine groups is 1. The molecule has 5 rings (SSSR count). The maximum absolute atomic E-state index is 12.6. The van der Waals surface area contributed by atoms with E-state index in [1.807, 2.05) is 47.4 Å². The normalized spacial score (nSPS) is 14.9. The lowest BCUT2D eigenvalue weighted by molar-refractivity contribution is 0.0954. The standard InChI is InChI=1S/C25H24N6O3/c1-33-20-8-6-19(7-9-20)31-22(26)21-11-13-34-25(21)30-23(31)16-2-4-17(5-3-16)24(32)28-12-10-18-14-27-15-29-18/h2-9,11,13-15,22H,10,12,26H2,1H3,(H,27,29)(H,28,32). The number of aromatic amines is 1. The van der Waals surface area contributed by atoms with Gasteiger partial charge >= 0.3 is 0 Å². The topological polar surface area (TPSA) is 122 Å². The summed E-state index contributed by atoms with van der Waals surface area (Å²) < 4.78 is 10.8. The molecule has 9 nitrogen and oxygen atoms in total. The Balaban J connectivity index is 1.39. The van der Waals surface area contributed by atoms with Crippen LogP contribution in [0.15, 0.2) is 82.8 Å². The summed E-state index contributed by atoms with van der Waals surface area (Å²) >= 11 is 0. The lowest BCUT2D eigenvalue weighted by atomic mass is 10.1. The van der Waals surface area contributed by atoms with Crippen LogP contribution >= 0.6 is 0 Å². The SMILES string of the molecule is COc1ccc(N2C(c3ccc(C(=O)NCCc4cnc[nH]4)cc3)=Nc3occc3C2N)cc1. The highest BCUT2D eigenvalue weighted by molar-refractivity contribution is 6.12. The Bertz CT molecular complexity index is 1290. The van der Waals surface area contributed by atoms with E-state index in [1.165, 1.54) is 0 Å². The molecule has 1 amide bonds. The molecule has 0 fully saturated rings. The van der Waals surface area contributed by atoms with Gasteiger partial charge in [0.2, 0.25) is 5.88 Å². The minimum Gasteiger partial charge on any atom is -0.497 e. The molecule has 9 heteroatoms. The average molecular weight is 457 g/mol. The first-order valence-electron chi connectivity index (χ1n) is 10.8. The third-order valence-electron chi connectivity index (χ3n) is 5.70. The van der Waals surface area contributed by atoms with Gasteiger partial charge < -0.3 is 30.1 Å². The number of imidazole rings is 1. The Morgan fingerprint density at radius 2 is 1.97 bits per heavy atom. The first-order valence-corrected chi connectivity index (χ1v) is 10.8. The number of furan rings is 1. The summed E-state index contributed by atoms with van der Waals surface area (Å²) in [6.45, 7) is 0.511. The van der Waals surface area contributed by atoms with Gasteiger partial charge in [-0.3, -0.25) is 4.79 Å². The maximum Gasteiger partial charge on any atom is 0.251 e. The molecule has 1 atom stereocenters. The minimum atomic E-state index is -0.486. The molecule has 0 spiro atoms. The van der Waals surface area contributed by atoms with Crippen LogP contribution in [-0.2, 0) is 6.42 Å². The summed E-state index contributed by atoms with van der Waals surface area (Å²) in [5.41, 5.74) is 10.6. The predicted molar refractivity (Wildman–Crippen MR) is 128 cm³/mol. The predicted octanol–water partition coefficient (Wildman–Crippen LogP) is 3.54. The number of hydrogen-bond acceptors (Lipinski definition) is 7. The molecule has 0 radical (unpaired) electrons. The summed E-state index contributed by atoms with van der Waals surface area (Å²) in [5.74, 6) is 1.72. The van der Waals surface area contributed by atoms with Crippen LogP contribution in [0, 0.1) is 0 Å². The summed E-state index contributed by atoms with van der Waals surface area (Å²) in [5, 5.41) is 2.92. The maximum atomic E-state index is 12.6. The number of aliphatic imine (C=N–C) groups is 1. The highest BCUT2D eigenvalue weighted by Crippen LogP contribution is 2.37. The van der Waals surface area contributed by atoms with Crippen LogP contribution in [-0.4, -0.2) is 35.4 Å². The number of nitrogens with two attached hydrogens (primary N) is 1. The molecule has 2 aromatic heterocycles. The van der Waals surface area contributed by atoms with Crippen LogP contribution < -0.4 is 20.7 Å². The number of ether oxygens (including phenoxy) is 1. The monoisotopic (exact) mass is 456 g/mol. The van der Waals surface area contributed by atoms with E-state index in [1.54, 1.807) is 38.0 Å². The number of hydrogen-bond donors (Lipinski definition) is 3. The van der Waals surface area contributed by atoms with Crippen LogP contribution in [0.2, 0.25) is 0 Å². The Hall–Kier alpha value is -4.37. The Morgan fingerprint density at radius 1 is 1.18 bits per heavy atom. The van der Waals surface area contributed by atoms with Crippen molar-refractivity contribution in [2.24, 2.45) is 10.7 Å². The smallest absolute Gasteiger partial charge is 0.251 e. The average Bonchev–Trinajstić information content (AvgIpc) is 3.56. The van der Waals surface area contributed by atoms with Gasteiger partial charge in [-0.1, -0.05) is 12.1 Å². The molecule has 1 unspecified atom stereocenters. The second-order valence-electron chi connectivity index (χ2n) is 7.79. The van der Waals surface area contributed by atoms with Crippen molar-refractivity contribution in [3.63, 3.8) is 0 Å². The van der Waals surface area contributed by atoms with Crippen LogP contribution in [0.5, 0.6) is 5.75 Å². The lowest BCUT2D eigenvalue weighted by Crippen LogP contribution is -2.42. The highest BCUT2D eigenvalue weighted by atomic mass is 16.5. The first kappa shape index (κ1) is 21.5. The van der Waals surface area contributed by atoms with Gasteiger partial charge in [0.25, 0.3) is 5.91 Å². The van der Waals surface area contributed by atoms with Crippen molar-refractivity contribution in [1.82, 2.24) is 15.3 Å². The number of carbonyl (C=O) groups is 1. The number of rotatable bonds is 7. The number of H-pyrrole nitrogens is 1. The van der Waals surface area contributed by atoms with Crippen molar-refractivity contribution < 1.29 is 13.9 Å². The Morgan fingerprint density at radius 3 is 2.68 bits per heavy atom. The van der Waals surface area contributed by atoms with Crippen LogP contribution in [0.4, 0.5) is 11.6 Å². The third-order valence-corrected chi connectivity index (χ3v) is 5.70. The summed E-state index contributed by atoms with van der Waals surface area (Å²) in [6, 6.07) is 16.7. The van der Waals surface area contributed by atoms with E-state index in [-0.39, 0.29) is 5.91 Å². The number of benzene rings is 2. The Kier molecular flexibility index (Phi) is 5.84. The van der Waals surface area contributed by atoms with Gasteiger partial charge in [-0.05, 0) is 42.5 Å². The highest BCUT2D eigenvalue weighted by Gasteiger charge is 2.31. The van der Waals surface area contributed by atoms with Gasteiger partial charge in [-0.2, -0.15) is 4.99 Å². The largest absolute Gasteiger partial charge is 0.497 e. The number of aromatic nitrogens is 2. The molecule has 0 aliphatic carbocycles. The quantitative estimate of drug-likeness (QED) is 0.391. The van der Waals surface area contributed by atoms with E-state index in [2.05, 4.69) is 15.3 Å². The molecular formula is C25H24N6O3. The molecule has 2 aromatic carbocycles. The van der Waals surface area contributed by atoms with Crippen molar-refractivity contribution >= 4 is 23.3 Å². The van der Waals surface area contributed by atoms with Gasteiger partial charge in [0, 0.05) is 41.7 Å². The number of methoxy groups -OCH3 is 1. The van der Waals surface area contributed by atoms with Crippen molar-refractivity contribution in [2.45, 2.75) is 12.6 Å². The molecule has 1 aliphatic rings. The van der Waals surface area contributed by atoms with E-state index in [0.29, 0.717) is 30.2 Å². The minimum absolute atomic E-state index is 0.145. The molecule has 4 N–H and O–H groups in total. The molecule has 0 bridgehead atoms. The van der Waals surface area contributed by atoms with E-state index >= 15 is 0 Å². The molecule has 4 aromatic rings. The number of amides is 1. The lowest BCUT2D eigenvalue weighted by Gasteiger charge is -2.34. The number of nitrogens with one attached hydrogen (secondary N) is 2. The molecule has 0 saturated carbocycles. The molecule has 34 heavy (non-hydrogen) atoms. The van der Waals surface area contributed by atoms with Crippen molar-refractivity contribution in [1.29, 1.82) is 0 Å². The van der Waals surface area contributed by atoms with Crippen molar-refractivity contribution in [3.05, 3.63) is 95.8 Å². The van der Waals surface area contributed by atoms with Gasteiger partial charge in [0.1, 0.15) is 17.8 Å². The Labute approximate surface area is 196 Å². The molecule has 172 valence electrons. The first-order chi connectivity index (χ1) is 16.6. The fourth-order valence-corrected chi connectivity index (χ4v) is 3.88.